The molecule has 1 rings (SSSR count). The second-order valence-electron chi connectivity index (χ2n) is 7.92. The predicted molar refractivity (Wildman–Crippen MR) is 119 cm³/mol. The molecule has 0 amide bonds. The van der Waals surface area contributed by atoms with Crippen molar-refractivity contribution in [2.24, 2.45) is 0 Å². The molecule has 4 heteroatoms. The van der Waals surface area contributed by atoms with Crippen molar-refractivity contribution in [3.63, 3.8) is 0 Å². The van der Waals surface area contributed by atoms with Crippen LogP contribution in [0, 0.1) is 0 Å². The summed E-state index contributed by atoms with van der Waals surface area (Å²) in [6, 6.07) is 11.2. The van der Waals surface area contributed by atoms with Gasteiger partial charge in [0.2, 0.25) is 0 Å². The normalized spacial score (nSPS) is 15.1. The number of ether oxygens (including phenoxy) is 2. The third kappa shape index (κ3) is 14.3. The van der Waals surface area contributed by atoms with E-state index >= 15 is 0 Å². The molecule has 0 unspecified atom stereocenters. The molecule has 0 aliphatic heterocycles. The summed E-state index contributed by atoms with van der Waals surface area (Å²) in [7, 11) is -1.02. The standard InChI is InChI=1S/C23H36O3Si/c1-21(26-20-25-18-19-27(2,3)4)12-8-5-6-11-15-23(24)17-16-22-13-9-7-10-14-22/h6-14,16-17,21,23-24H,5,15,18-20H2,1-4H3/b11-6+,12-8-,17-16+/t21-,23-/m0/s1. The molecule has 1 aromatic rings. The van der Waals surface area contributed by atoms with Gasteiger partial charge in [-0.1, -0.05) is 86.4 Å². The van der Waals surface area contributed by atoms with Gasteiger partial charge in [-0.25, -0.2) is 0 Å². The van der Waals surface area contributed by atoms with E-state index in [0.717, 1.165) is 24.6 Å². The van der Waals surface area contributed by atoms with Gasteiger partial charge in [-0.3, -0.25) is 0 Å². The van der Waals surface area contributed by atoms with Gasteiger partial charge in [0.25, 0.3) is 0 Å². The topological polar surface area (TPSA) is 38.7 Å². The lowest BCUT2D eigenvalue weighted by Gasteiger charge is -2.16. The van der Waals surface area contributed by atoms with Gasteiger partial charge < -0.3 is 14.6 Å². The van der Waals surface area contributed by atoms with Crippen LogP contribution in [0.5, 0.6) is 0 Å². The van der Waals surface area contributed by atoms with Gasteiger partial charge in [0.1, 0.15) is 6.79 Å². The van der Waals surface area contributed by atoms with Crippen LogP contribution in [0.15, 0.2) is 60.7 Å². The lowest BCUT2D eigenvalue weighted by atomic mass is 10.1. The Morgan fingerprint density at radius 2 is 1.78 bits per heavy atom. The number of rotatable bonds is 13. The van der Waals surface area contributed by atoms with Crippen LogP contribution in [-0.2, 0) is 9.47 Å². The first-order valence-corrected chi connectivity index (χ1v) is 13.5. The van der Waals surface area contributed by atoms with E-state index in [1.807, 2.05) is 61.6 Å². The van der Waals surface area contributed by atoms with Crippen molar-refractivity contribution in [1.29, 1.82) is 0 Å². The van der Waals surface area contributed by atoms with E-state index < -0.39 is 14.2 Å². The quantitative estimate of drug-likeness (QED) is 0.205. The number of hydrogen-bond acceptors (Lipinski definition) is 3. The van der Waals surface area contributed by atoms with Gasteiger partial charge in [0.15, 0.2) is 0 Å². The Bertz CT molecular complexity index is 573. The zero-order valence-electron chi connectivity index (χ0n) is 17.3. The summed E-state index contributed by atoms with van der Waals surface area (Å²) in [5.74, 6) is 0. The summed E-state index contributed by atoms with van der Waals surface area (Å²) in [6.07, 6.45) is 13.0. The number of allylic oxidation sites excluding steroid dienone is 2. The molecule has 0 saturated carbocycles. The second-order valence-corrected chi connectivity index (χ2v) is 13.5. The fourth-order valence-corrected chi connectivity index (χ4v) is 2.95. The molecule has 0 bridgehead atoms. The van der Waals surface area contributed by atoms with E-state index in [-0.39, 0.29) is 6.10 Å². The molecule has 0 aliphatic rings. The average molecular weight is 389 g/mol. The van der Waals surface area contributed by atoms with Crippen LogP contribution in [-0.4, -0.2) is 38.8 Å². The third-order valence-corrected chi connectivity index (χ3v) is 5.65. The zero-order valence-corrected chi connectivity index (χ0v) is 18.3. The average Bonchev–Trinajstić information content (AvgIpc) is 2.62. The zero-order chi connectivity index (χ0) is 20.0. The maximum atomic E-state index is 9.96. The summed E-state index contributed by atoms with van der Waals surface area (Å²) in [5, 5.41) is 9.96. The highest BCUT2D eigenvalue weighted by Crippen LogP contribution is 2.08. The van der Waals surface area contributed by atoms with Crippen molar-refractivity contribution < 1.29 is 14.6 Å². The second kappa shape index (κ2) is 13.7. The molecule has 2 atom stereocenters. The van der Waals surface area contributed by atoms with Crippen molar-refractivity contribution in [2.45, 2.75) is 57.7 Å². The molecule has 0 heterocycles. The Hall–Kier alpha value is -1.46. The maximum Gasteiger partial charge on any atom is 0.147 e. The first-order chi connectivity index (χ1) is 12.9. The Labute approximate surface area is 166 Å². The fourth-order valence-electron chi connectivity index (χ4n) is 2.19. The highest BCUT2D eigenvalue weighted by Gasteiger charge is 2.11. The van der Waals surface area contributed by atoms with Gasteiger partial charge in [-0.05, 0) is 31.4 Å². The van der Waals surface area contributed by atoms with Crippen LogP contribution in [0.3, 0.4) is 0 Å². The van der Waals surface area contributed by atoms with E-state index in [2.05, 4.69) is 31.8 Å². The Kier molecular flexibility index (Phi) is 11.9. The first-order valence-electron chi connectivity index (χ1n) is 9.79. The van der Waals surface area contributed by atoms with Crippen LogP contribution < -0.4 is 0 Å². The Morgan fingerprint density at radius 1 is 1.04 bits per heavy atom. The lowest BCUT2D eigenvalue weighted by Crippen LogP contribution is -2.22. The van der Waals surface area contributed by atoms with Crippen molar-refractivity contribution in [3.05, 3.63) is 66.3 Å². The fraction of sp³-hybridized carbons (Fsp3) is 0.478. The largest absolute Gasteiger partial charge is 0.389 e. The molecule has 0 aromatic heterocycles. The molecule has 27 heavy (non-hydrogen) atoms. The van der Waals surface area contributed by atoms with Crippen LogP contribution >= 0.6 is 0 Å². The van der Waals surface area contributed by atoms with Gasteiger partial charge in [0.05, 0.1) is 12.2 Å². The number of aliphatic hydroxyl groups is 1. The van der Waals surface area contributed by atoms with E-state index in [9.17, 15) is 5.11 Å². The first kappa shape index (κ1) is 23.6. The van der Waals surface area contributed by atoms with Crippen molar-refractivity contribution >= 4 is 14.1 Å². The lowest BCUT2D eigenvalue weighted by molar-refractivity contribution is -0.0665. The van der Waals surface area contributed by atoms with E-state index in [0.29, 0.717) is 13.2 Å². The van der Waals surface area contributed by atoms with Gasteiger partial charge in [-0.2, -0.15) is 0 Å². The summed E-state index contributed by atoms with van der Waals surface area (Å²) >= 11 is 0. The summed E-state index contributed by atoms with van der Waals surface area (Å²) < 4.78 is 11.1. The minimum absolute atomic E-state index is 0.0460. The molecule has 0 fully saturated rings. The number of aliphatic hydroxyl groups excluding tert-OH is 1. The Balaban J connectivity index is 2.10. The van der Waals surface area contributed by atoms with E-state index in [1.54, 1.807) is 0 Å². The molecule has 1 N–H and O–H groups in total. The van der Waals surface area contributed by atoms with Gasteiger partial charge in [-0.15, -0.1) is 0 Å². The smallest absolute Gasteiger partial charge is 0.147 e. The molecule has 0 aliphatic carbocycles. The van der Waals surface area contributed by atoms with Gasteiger partial charge >= 0.3 is 0 Å². The molecule has 0 saturated heterocycles. The number of hydrogen-bond donors (Lipinski definition) is 1. The minimum Gasteiger partial charge on any atom is -0.389 e. The van der Waals surface area contributed by atoms with Crippen molar-refractivity contribution in [2.75, 3.05) is 13.4 Å². The van der Waals surface area contributed by atoms with E-state index in [1.165, 1.54) is 0 Å². The predicted octanol–water partition coefficient (Wildman–Crippen LogP) is 5.67. The van der Waals surface area contributed by atoms with E-state index in [4.69, 9.17) is 9.47 Å². The highest BCUT2D eigenvalue weighted by molar-refractivity contribution is 6.76. The van der Waals surface area contributed by atoms with Crippen LogP contribution in [0.1, 0.15) is 25.3 Å². The monoisotopic (exact) mass is 388 g/mol. The molecular formula is C23H36O3Si. The van der Waals surface area contributed by atoms with Crippen molar-refractivity contribution in [1.82, 2.24) is 0 Å². The van der Waals surface area contributed by atoms with Gasteiger partial charge in [0, 0.05) is 14.7 Å². The van der Waals surface area contributed by atoms with Crippen LogP contribution in [0.25, 0.3) is 6.08 Å². The molecule has 3 nitrogen and oxygen atoms in total. The summed E-state index contributed by atoms with van der Waals surface area (Å²) in [5.41, 5.74) is 1.10. The number of benzene rings is 1. The maximum absolute atomic E-state index is 9.96. The SMILES string of the molecule is C[C@@H](/C=C\C/C=C/C[C@H](O)/C=C/c1ccccc1)OCOCC[Si](C)(C)C. The highest BCUT2D eigenvalue weighted by atomic mass is 28.3. The minimum atomic E-state index is -1.02. The Morgan fingerprint density at radius 3 is 2.48 bits per heavy atom. The third-order valence-electron chi connectivity index (χ3n) is 3.94. The molecule has 150 valence electrons. The van der Waals surface area contributed by atoms with Crippen LogP contribution in [0.4, 0.5) is 0 Å². The summed E-state index contributed by atoms with van der Waals surface area (Å²) in [6.45, 7) is 10.2. The summed E-state index contributed by atoms with van der Waals surface area (Å²) in [4.78, 5) is 0. The molecular weight excluding hydrogens is 352 g/mol. The van der Waals surface area contributed by atoms with Crippen LogP contribution in [0.2, 0.25) is 25.7 Å². The molecule has 1 aromatic carbocycles. The van der Waals surface area contributed by atoms with Crippen molar-refractivity contribution in [3.8, 4) is 0 Å². The molecule has 0 spiro atoms. The molecule has 0 radical (unpaired) electrons.